The van der Waals surface area contributed by atoms with Crippen molar-refractivity contribution in [3.05, 3.63) is 0 Å². The van der Waals surface area contributed by atoms with Crippen LogP contribution in [0.4, 0.5) is 0 Å². The van der Waals surface area contributed by atoms with E-state index in [9.17, 15) is 9.59 Å². The molecule has 0 aromatic rings. The van der Waals surface area contributed by atoms with Gasteiger partial charge in [-0.3, -0.25) is 19.4 Å². The molecule has 0 saturated heterocycles. The van der Waals surface area contributed by atoms with Crippen LogP contribution in [-0.4, -0.2) is 72.2 Å². The van der Waals surface area contributed by atoms with Gasteiger partial charge < -0.3 is 10.2 Å². The number of aliphatic carboxylic acids is 2. The fraction of sp³-hybridized carbons (Fsp3) is 0.875. The highest BCUT2D eigenvalue weighted by Gasteiger charge is 2.25. The first-order valence-corrected chi connectivity index (χ1v) is 7.79. The van der Waals surface area contributed by atoms with Crippen LogP contribution < -0.4 is 0 Å². The molecule has 22 heavy (non-hydrogen) atoms. The normalized spacial score (nSPS) is 16.5. The SMILES string of the molecule is CCC(C)C(C(=O)O)N(C)C.CC[C@H](C)[C@@H](C(=O)O)N(C)C. The Morgan fingerprint density at radius 1 is 0.773 bits per heavy atom. The quantitative estimate of drug-likeness (QED) is 0.713. The molecule has 0 rings (SSSR count). The molecular formula is C16H34N2O4. The zero-order valence-corrected chi connectivity index (χ0v) is 15.3. The number of carboxylic acid groups (broad SMARTS) is 2. The van der Waals surface area contributed by atoms with Gasteiger partial charge in [-0.15, -0.1) is 0 Å². The number of carboxylic acids is 2. The molecule has 0 fully saturated rings. The molecule has 2 N–H and O–H groups in total. The van der Waals surface area contributed by atoms with Crippen LogP contribution in [0.5, 0.6) is 0 Å². The van der Waals surface area contributed by atoms with Gasteiger partial charge in [-0.05, 0) is 40.0 Å². The summed E-state index contributed by atoms with van der Waals surface area (Å²) >= 11 is 0. The van der Waals surface area contributed by atoms with E-state index in [1.807, 2.05) is 27.7 Å². The third-order valence-electron chi connectivity index (χ3n) is 3.98. The monoisotopic (exact) mass is 318 g/mol. The molecule has 0 aliphatic carbocycles. The molecule has 0 spiro atoms. The smallest absolute Gasteiger partial charge is 0.321 e. The Hall–Kier alpha value is -1.14. The summed E-state index contributed by atoms with van der Waals surface area (Å²) in [4.78, 5) is 24.9. The Labute approximate surface area is 135 Å². The summed E-state index contributed by atoms with van der Waals surface area (Å²) in [7, 11) is 7.19. The summed E-state index contributed by atoms with van der Waals surface area (Å²) in [5.41, 5.74) is 0. The first kappa shape index (κ1) is 23.1. The van der Waals surface area contributed by atoms with Gasteiger partial charge in [0, 0.05) is 0 Å². The average Bonchev–Trinajstić information content (AvgIpc) is 2.37. The van der Waals surface area contributed by atoms with Gasteiger partial charge in [-0.25, -0.2) is 0 Å². The number of carbonyl (C=O) groups is 2. The highest BCUT2D eigenvalue weighted by Crippen LogP contribution is 2.12. The van der Waals surface area contributed by atoms with E-state index in [1.54, 1.807) is 38.0 Å². The van der Waals surface area contributed by atoms with Crippen molar-refractivity contribution in [1.82, 2.24) is 9.80 Å². The zero-order chi connectivity index (χ0) is 18.0. The van der Waals surface area contributed by atoms with Gasteiger partial charge in [0.2, 0.25) is 0 Å². The molecule has 6 nitrogen and oxygen atoms in total. The molecule has 0 saturated carbocycles. The van der Waals surface area contributed by atoms with Crippen molar-refractivity contribution in [3.63, 3.8) is 0 Å². The molecule has 0 aromatic carbocycles. The fourth-order valence-corrected chi connectivity index (χ4v) is 2.39. The van der Waals surface area contributed by atoms with Crippen LogP contribution in [0.25, 0.3) is 0 Å². The third kappa shape index (κ3) is 8.34. The summed E-state index contributed by atoms with van der Waals surface area (Å²) in [5, 5.41) is 17.6. The molecule has 6 heteroatoms. The minimum absolute atomic E-state index is 0.211. The van der Waals surface area contributed by atoms with Crippen molar-refractivity contribution < 1.29 is 19.8 Å². The Morgan fingerprint density at radius 2 is 1.00 bits per heavy atom. The molecule has 0 radical (unpaired) electrons. The molecule has 2 unspecified atom stereocenters. The van der Waals surface area contributed by atoms with E-state index in [0.717, 1.165) is 12.8 Å². The fourth-order valence-electron chi connectivity index (χ4n) is 2.39. The Kier molecular flexibility index (Phi) is 12.0. The average molecular weight is 318 g/mol. The molecule has 0 amide bonds. The van der Waals surface area contributed by atoms with Crippen LogP contribution in [0, 0.1) is 11.8 Å². The molecule has 0 bridgehead atoms. The Morgan fingerprint density at radius 3 is 1.05 bits per heavy atom. The van der Waals surface area contributed by atoms with E-state index in [0.29, 0.717) is 0 Å². The summed E-state index contributed by atoms with van der Waals surface area (Å²) < 4.78 is 0. The lowest BCUT2D eigenvalue weighted by atomic mass is 9.99. The number of hydrogen-bond donors (Lipinski definition) is 2. The summed E-state index contributed by atoms with van der Waals surface area (Å²) in [5.74, 6) is -1.04. The standard InChI is InChI=1S/2C8H17NO2/c2*1-5-6(2)7(8(10)11)9(3)4/h2*6-7H,5H2,1-4H3,(H,10,11)/t6-,7-;/m0./s1. The van der Waals surface area contributed by atoms with Crippen LogP contribution in [0.2, 0.25) is 0 Å². The van der Waals surface area contributed by atoms with Crippen molar-refractivity contribution in [2.45, 2.75) is 52.6 Å². The maximum absolute atomic E-state index is 10.7. The third-order valence-corrected chi connectivity index (χ3v) is 3.98. The largest absolute Gasteiger partial charge is 0.480 e. The second-order valence-electron chi connectivity index (χ2n) is 6.26. The van der Waals surface area contributed by atoms with E-state index in [-0.39, 0.29) is 23.9 Å². The second-order valence-corrected chi connectivity index (χ2v) is 6.26. The highest BCUT2D eigenvalue weighted by atomic mass is 16.4. The number of hydrogen-bond acceptors (Lipinski definition) is 4. The first-order chi connectivity index (χ1) is 10.0. The minimum atomic E-state index is -0.732. The van der Waals surface area contributed by atoms with Gasteiger partial charge in [0.1, 0.15) is 12.1 Å². The van der Waals surface area contributed by atoms with E-state index >= 15 is 0 Å². The van der Waals surface area contributed by atoms with Crippen molar-refractivity contribution in [1.29, 1.82) is 0 Å². The molecule has 0 aromatic heterocycles. The van der Waals surface area contributed by atoms with E-state index in [2.05, 4.69) is 0 Å². The second kappa shape index (κ2) is 11.4. The molecule has 0 aliphatic heterocycles. The topological polar surface area (TPSA) is 81.1 Å². The number of nitrogens with zero attached hydrogens (tertiary/aromatic N) is 2. The van der Waals surface area contributed by atoms with Gasteiger partial charge >= 0.3 is 11.9 Å². The predicted octanol–water partition coefficient (Wildman–Crippen LogP) is 2.09. The predicted molar refractivity (Wildman–Crippen MR) is 89.1 cm³/mol. The van der Waals surface area contributed by atoms with Crippen molar-refractivity contribution >= 4 is 11.9 Å². The van der Waals surface area contributed by atoms with Crippen LogP contribution in [0.1, 0.15) is 40.5 Å². The first-order valence-electron chi connectivity index (χ1n) is 7.79. The van der Waals surface area contributed by atoms with Gasteiger partial charge in [0.15, 0.2) is 0 Å². The number of rotatable bonds is 8. The van der Waals surface area contributed by atoms with Gasteiger partial charge in [-0.2, -0.15) is 0 Å². The summed E-state index contributed by atoms with van der Waals surface area (Å²) in [6.07, 6.45) is 1.80. The lowest BCUT2D eigenvalue weighted by Gasteiger charge is -2.25. The molecular weight excluding hydrogens is 284 g/mol. The lowest BCUT2D eigenvalue weighted by Crippen LogP contribution is -2.40. The number of likely N-dealkylation sites (N-methyl/N-ethyl adjacent to an activating group) is 2. The summed E-state index contributed by atoms with van der Waals surface area (Å²) in [6, 6.07) is -0.694. The van der Waals surface area contributed by atoms with E-state index in [1.165, 1.54) is 0 Å². The van der Waals surface area contributed by atoms with Gasteiger partial charge in [0.25, 0.3) is 0 Å². The Bertz CT molecular complexity index is 300. The minimum Gasteiger partial charge on any atom is -0.480 e. The molecule has 0 aliphatic rings. The highest BCUT2D eigenvalue weighted by molar-refractivity contribution is 5.74. The van der Waals surface area contributed by atoms with E-state index in [4.69, 9.17) is 10.2 Å². The lowest BCUT2D eigenvalue weighted by molar-refractivity contribution is -0.145. The maximum atomic E-state index is 10.7. The van der Waals surface area contributed by atoms with Crippen molar-refractivity contribution in [3.8, 4) is 0 Å². The van der Waals surface area contributed by atoms with Crippen LogP contribution in [-0.2, 0) is 9.59 Å². The van der Waals surface area contributed by atoms with E-state index < -0.39 is 11.9 Å². The maximum Gasteiger partial charge on any atom is 0.321 e. The van der Waals surface area contributed by atoms with Crippen molar-refractivity contribution in [2.75, 3.05) is 28.2 Å². The summed E-state index contributed by atoms with van der Waals surface area (Å²) in [6.45, 7) is 7.92. The molecule has 4 atom stereocenters. The molecule has 0 heterocycles. The molecule has 132 valence electrons. The Balaban J connectivity index is 0. The van der Waals surface area contributed by atoms with Gasteiger partial charge in [0.05, 0.1) is 0 Å². The van der Waals surface area contributed by atoms with Crippen LogP contribution in [0.15, 0.2) is 0 Å². The van der Waals surface area contributed by atoms with Crippen LogP contribution >= 0.6 is 0 Å². The van der Waals surface area contributed by atoms with Crippen molar-refractivity contribution in [2.24, 2.45) is 11.8 Å². The zero-order valence-electron chi connectivity index (χ0n) is 15.3. The van der Waals surface area contributed by atoms with Gasteiger partial charge in [-0.1, -0.05) is 40.5 Å². The van der Waals surface area contributed by atoms with Crippen LogP contribution in [0.3, 0.4) is 0 Å².